The van der Waals surface area contributed by atoms with Gasteiger partial charge in [0, 0.05) is 29.9 Å². The van der Waals surface area contributed by atoms with Gasteiger partial charge in [-0.3, -0.25) is 0 Å². The van der Waals surface area contributed by atoms with Crippen LogP contribution in [0.3, 0.4) is 0 Å². The molecule has 23 heteroatoms. The lowest BCUT2D eigenvalue weighted by Crippen LogP contribution is -2.38. The number of ketones is 1. The molecule has 0 aliphatic heterocycles. The first-order valence-electron chi connectivity index (χ1n) is 28.9. The molecule has 0 spiro atoms. The Morgan fingerprint density at radius 1 is 0.371 bits per heavy atom. The van der Waals surface area contributed by atoms with E-state index in [0.717, 1.165) is 97.0 Å². The number of halogens is 10. The smallest absolute Gasteiger partial charge is 0.144 e. The lowest BCUT2D eigenvalue weighted by atomic mass is 10.1. The molecule has 0 fully saturated rings. The number of carbonyl (C=O) groups is 1. The minimum atomic E-state index is -1.19. The molecule has 0 aliphatic carbocycles. The zero-order chi connectivity index (χ0) is 68.4. The number of Topliss-reactive ketones (excluding diaryl/α,β-unsaturated/α-hetero) is 1. The van der Waals surface area contributed by atoms with Gasteiger partial charge in [-0.1, -0.05) is 146 Å². The van der Waals surface area contributed by atoms with E-state index < -0.39 is 43.9 Å². The molecule has 5 aromatic rings. The molecule has 89 heavy (non-hydrogen) atoms. The Balaban J connectivity index is 0.000000559. The maximum absolute atomic E-state index is 11.9. The summed E-state index contributed by atoms with van der Waals surface area (Å²) >= 11 is 58.9. The second-order valence-corrected chi connectivity index (χ2v) is 37.1. The van der Waals surface area contributed by atoms with Gasteiger partial charge in [-0.2, -0.15) is 8.80 Å². The minimum Gasteiger partial charge on any atom is -0.300 e. The third-order valence-corrected chi connectivity index (χ3v) is 22.4. The molecule has 498 valence electrons. The molecule has 0 bridgehead atoms. The molecule has 0 unspecified atom stereocenters. The van der Waals surface area contributed by atoms with Gasteiger partial charge < -0.3 is 4.79 Å². The number of aryl methyl sites for hydroxylation is 5. The predicted octanol–water partition coefficient (Wildman–Crippen LogP) is 21.9. The first kappa shape index (κ1) is 85.5. The molecule has 0 radical (unpaired) electrons. The summed E-state index contributed by atoms with van der Waals surface area (Å²) in [4.78, 5) is 10.7. The van der Waals surface area contributed by atoms with Crippen LogP contribution in [0.4, 0.5) is 0 Å². The van der Waals surface area contributed by atoms with Gasteiger partial charge in [0.25, 0.3) is 0 Å². The van der Waals surface area contributed by atoms with E-state index in [2.05, 4.69) is 18.2 Å². The van der Waals surface area contributed by atoms with Crippen molar-refractivity contribution in [2.24, 2.45) is 8.80 Å². The lowest BCUT2D eigenvalue weighted by molar-refractivity contribution is -0.116. The van der Waals surface area contributed by atoms with Crippen molar-refractivity contribution in [1.82, 2.24) is 9.44 Å². The van der Waals surface area contributed by atoms with Gasteiger partial charge in [-0.25, -0.2) is 26.3 Å². The Hall–Kier alpha value is -1.47. The third-order valence-electron chi connectivity index (χ3n) is 12.2. The fourth-order valence-electron chi connectivity index (χ4n) is 6.70. The summed E-state index contributed by atoms with van der Waals surface area (Å²) in [6.07, 6.45) is 8.00. The highest BCUT2D eigenvalue weighted by molar-refractivity contribution is 7.85. The second kappa shape index (κ2) is 41.5. The van der Waals surface area contributed by atoms with E-state index in [4.69, 9.17) is 116 Å². The number of hydrogen-bond donors (Lipinski definition) is 2. The fraction of sp³-hybridized carbons (Fsp3) is 0.500. The minimum absolute atomic E-state index is 0.186. The molecule has 0 saturated carbocycles. The van der Waals surface area contributed by atoms with Crippen molar-refractivity contribution in [3.05, 3.63) is 169 Å². The van der Waals surface area contributed by atoms with E-state index in [1.54, 1.807) is 31.2 Å². The summed E-state index contributed by atoms with van der Waals surface area (Å²) in [7, 11) is -4.45. The van der Waals surface area contributed by atoms with E-state index in [9.17, 15) is 21.6 Å². The van der Waals surface area contributed by atoms with Crippen molar-refractivity contribution >= 4 is 177 Å². The molecule has 0 heterocycles. The molecule has 0 aromatic heterocycles. The summed E-state index contributed by atoms with van der Waals surface area (Å²) in [5.74, 6) is 0.186. The van der Waals surface area contributed by atoms with Crippen LogP contribution < -0.4 is 9.44 Å². The van der Waals surface area contributed by atoms with Crippen LogP contribution in [0.5, 0.6) is 0 Å². The standard InChI is InChI=1S/2C14H21Cl2NOS.2C14H19Cl2NOS.C10H10Cl2O/c4*1-10(17-19(18)14(2,3)4)5-6-11-7-8-12(15)13(16)9-11;1-7(13)2-3-8-4-5-9(11)10(12)6-8/h2*7-10,17H,5-6H2,1-4H3;2*7-9H,5-6H2,1-4H3;4-6H,2-3H2,1H3/t2*10-,19+;2*19-;/m1100./s1. The SMILES string of the molecule is CC(=O)CCc1ccc(Cl)c(Cl)c1.CC(CCc1ccc(Cl)c(Cl)c1)=N[S@@](=O)C(C)(C)C.CC(CCc1ccc(Cl)c(Cl)c1)=N[S@@](=O)C(C)(C)C.C[C@H](CCc1ccc(Cl)c(Cl)c1)N[S@@](=O)C(C)(C)C.C[C@H](CCc1ccc(Cl)c(Cl)c1)N[S@@](=O)C(C)(C)C. The fourth-order valence-corrected chi connectivity index (χ4v) is 11.3. The first-order valence-corrected chi connectivity index (χ1v) is 37.2. The van der Waals surface area contributed by atoms with Gasteiger partial charge in [0.05, 0.1) is 91.2 Å². The molecule has 5 rings (SSSR count). The number of nitrogens with zero attached hydrogens (tertiary/aromatic N) is 2. The highest BCUT2D eigenvalue weighted by atomic mass is 35.5. The van der Waals surface area contributed by atoms with Crippen LogP contribution in [0.25, 0.3) is 0 Å². The van der Waals surface area contributed by atoms with Crippen molar-refractivity contribution in [2.75, 3.05) is 0 Å². The normalized spacial score (nSPS) is 14.2. The number of nitrogens with one attached hydrogen (secondary N) is 2. The lowest BCUT2D eigenvalue weighted by Gasteiger charge is -2.22. The highest BCUT2D eigenvalue weighted by Gasteiger charge is 2.23. The van der Waals surface area contributed by atoms with Gasteiger partial charge in [-0.15, -0.1) is 0 Å². The zero-order valence-electron chi connectivity index (χ0n) is 54.2. The van der Waals surface area contributed by atoms with Crippen LogP contribution in [0.15, 0.2) is 99.8 Å². The first-order chi connectivity index (χ1) is 40.9. The van der Waals surface area contributed by atoms with Gasteiger partial charge >= 0.3 is 0 Å². The summed E-state index contributed by atoms with van der Waals surface area (Å²) < 4.78 is 61.3. The van der Waals surface area contributed by atoms with E-state index in [1.165, 1.54) is 0 Å². The average Bonchev–Trinajstić information content (AvgIpc) is 3.45. The van der Waals surface area contributed by atoms with Crippen molar-refractivity contribution in [1.29, 1.82) is 0 Å². The Kier molecular flexibility index (Phi) is 39.9. The van der Waals surface area contributed by atoms with Crippen molar-refractivity contribution in [3.8, 4) is 0 Å². The van der Waals surface area contributed by atoms with Crippen LogP contribution in [0.1, 0.15) is 178 Å². The maximum atomic E-state index is 11.9. The summed E-state index contributed by atoms with van der Waals surface area (Å²) in [6, 6.07) is 28.3. The monoisotopic (exact) mass is 1500 g/mol. The molecular formula is C66H90Cl10N4O5S4. The molecule has 0 amide bonds. The van der Waals surface area contributed by atoms with Crippen molar-refractivity contribution < 1.29 is 21.6 Å². The number of rotatable bonds is 21. The second-order valence-electron chi connectivity index (χ2n) is 25.2. The Bertz CT molecular complexity index is 3050. The van der Waals surface area contributed by atoms with E-state index in [-0.39, 0.29) is 36.9 Å². The molecule has 2 N–H and O–H groups in total. The predicted molar refractivity (Wildman–Crippen MR) is 398 cm³/mol. The Labute approximate surface area is 593 Å². The Morgan fingerprint density at radius 3 is 0.798 bits per heavy atom. The van der Waals surface area contributed by atoms with Crippen LogP contribution >= 0.6 is 116 Å². The van der Waals surface area contributed by atoms with E-state index >= 15 is 0 Å². The van der Waals surface area contributed by atoms with Gasteiger partial charge in [0.15, 0.2) is 0 Å². The molecular weight excluding hydrogens is 1410 g/mol. The molecule has 0 aliphatic rings. The Morgan fingerprint density at radius 2 is 0.596 bits per heavy atom. The molecule has 0 saturated heterocycles. The topological polar surface area (TPSA) is 134 Å². The van der Waals surface area contributed by atoms with Crippen molar-refractivity contribution in [2.45, 2.75) is 213 Å². The van der Waals surface area contributed by atoms with Crippen LogP contribution in [0.2, 0.25) is 50.2 Å². The van der Waals surface area contributed by atoms with Gasteiger partial charge in [-0.05, 0) is 264 Å². The molecule has 5 aromatic carbocycles. The van der Waals surface area contributed by atoms with Crippen LogP contribution in [-0.2, 0) is 80.8 Å². The molecule has 9 nitrogen and oxygen atoms in total. The summed E-state index contributed by atoms with van der Waals surface area (Å²) in [5, 5.41) is 5.65. The van der Waals surface area contributed by atoms with Crippen molar-refractivity contribution in [3.63, 3.8) is 0 Å². The third kappa shape index (κ3) is 37.4. The quantitative estimate of drug-likeness (QED) is 0.0706. The highest BCUT2D eigenvalue weighted by Crippen LogP contribution is 2.28. The van der Waals surface area contributed by atoms with Crippen LogP contribution in [-0.4, -0.2) is 65.1 Å². The van der Waals surface area contributed by atoms with E-state index in [1.807, 2.05) is 178 Å². The number of benzene rings is 5. The zero-order valence-corrected chi connectivity index (χ0v) is 65.1. The van der Waals surface area contributed by atoms with Gasteiger partial charge in [0.2, 0.25) is 0 Å². The number of carbonyl (C=O) groups excluding carboxylic acids is 1. The summed E-state index contributed by atoms with van der Waals surface area (Å²) in [6.45, 7) is 32.7. The van der Waals surface area contributed by atoms with E-state index in [0.29, 0.717) is 56.6 Å². The largest absolute Gasteiger partial charge is 0.300 e. The maximum Gasteiger partial charge on any atom is 0.144 e. The molecule has 6 atom stereocenters. The average molecular weight is 1500 g/mol. The summed E-state index contributed by atoms with van der Waals surface area (Å²) in [5.41, 5.74) is 7.31. The van der Waals surface area contributed by atoms with Crippen LogP contribution in [0, 0.1) is 0 Å². The number of hydrogen-bond acceptors (Lipinski definition) is 5. The van der Waals surface area contributed by atoms with Gasteiger partial charge in [0.1, 0.15) is 27.8 Å².